The molecular formula is C30H49NO7. The van der Waals surface area contributed by atoms with Gasteiger partial charge in [0.05, 0.1) is 24.4 Å². The quantitative estimate of drug-likeness (QED) is 0.148. The van der Waals surface area contributed by atoms with Gasteiger partial charge < -0.3 is 29.5 Å². The summed E-state index contributed by atoms with van der Waals surface area (Å²) in [5.74, 6) is -0.285. The zero-order valence-corrected chi connectivity index (χ0v) is 24.1. The molecule has 0 bridgehead atoms. The van der Waals surface area contributed by atoms with Crippen molar-refractivity contribution in [2.45, 2.75) is 123 Å². The fraction of sp³-hybridized carbons (Fsp3) is 0.733. The fourth-order valence-electron chi connectivity index (χ4n) is 5.00. The van der Waals surface area contributed by atoms with Crippen molar-refractivity contribution < 1.29 is 34.3 Å². The molecule has 0 spiro atoms. The van der Waals surface area contributed by atoms with E-state index in [1.165, 1.54) is 6.92 Å². The molecule has 10 unspecified atom stereocenters. The first-order valence-electron chi connectivity index (χ1n) is 13.9. The molecule has 1 fully saturated rings. The van der Waals surface area contributed by atoms with Gasteiger partial charge in [0.2, 0.25) is 0 Å². The van der Waals surface area contributed by atoms with E-state index in [0.717, 1.165) is 18.4 Å². The predicted octanol–water partition coefficient (Wildman–Crippen LogP) is 4.47. The molecule has 8 heteroatoms. The summed E-state index contributed by atoms with van der Waals surface area (Å²) < 4.78 is 17.2. The third kappa shape index (κ3) is 9.95. The van der Waals surface area contributed by atoms with Crippen molar-refractivity contribution in [3.8, 4) is 0 Å². The van der Waals surface area contributed by atoms with Crippen LogP contribution >= 0.6 is 0 Å². The summed E-state index contributed by atoms with van der Waals surface area (Å²) in [5.41, 5.74) is -0.459. The van der Waals surface area contributed by atoms with Gasteiger partial charge in [0, 0.05) is 25.2 Å². The standard InChI is InChI=1S/C30H49NO7/c1-8-24(34)21(5)29-25(37-29)16-18(2)10-9-11-19(3)28-20(4)12-13-26(36-22(6)32)30(7,35)15-14-23(33)17-27(31)38-28/h9-13,18,20-21,23-26,28-29,31,33-35H,8,14-17H2,1-7H3/b10-9+,13-12+,19-11+,31-27?. The van der Waals surface area contributed by atoms with Crippen molar-refractivity contribution in [3.63, 3.8) is 0 Å². The van der Waals surface area contributed by atoms with Crippen molar-refractivity contribution in [3.05, 3.63) is 36.0 Å². The van der Waals surface area contributed by atoms with Crippen LogP contribution in [-0.4, -0.2) is 69.4 Å². The Labute approximate surface area is 228 Å². The van der Waals surface area contributed by atoms with Gasteiger partial charge in [-0.3, -0.25) is 10.2 Å². The van der Waals surface area contributed by atoms with Crippen LogP contribution in [0, 0.1) is 23.2 Å². The van der Waals surface area contributed by atoms with Gasteiger partial charge in [0.1, 0.15) is 17.8 Å². The molecule has 2 rings (SSSR count). The Kier molecular flexibility index (Phi) is 12.2. The minimum Gasteiger partial charge on any atom is -0.473 e. The topological polar surface area (TPSA) is 133 Å². The van der Waals surface area contributed by atoms with Gasteiger partial charge in [-0.25, -0.2) is 0 Å². The Hall–Kier alpha value is -2.00. The van der Waals surface area contributed by atoms with Crippen molar-refractivity contribution >= 4 is 11.9 Å². The van der Waals surface area contributed by atoms with Crippen LogP contribution in [0.25, 0.3) is 0 Å². The van der Waals surface area contributed by atoms with Gasteiger partial charge in [-0.2, -0.15) is 0 Å². The number of hydrogen-bond acceptors (Lipinski definition) is 8. The highest BCUT2D eigenvalue weighted by Gasteiger charge is 2.45. The normalized spacial score (nSPS) is 36.4. The van der Waals surface area contributed by atoms with Crippen molar-refractivity contribution in [2.24, 2.45) is 17.8 Å². The number of hydrogen-bond donors (Lipinski definition) is 4. The highest BCUT2D eigenvalue weighted by atomic mass is 16.6. The first-order valence-corrected chi connectivity index (χ1v) is 13.9. The van der Waals surface area contributed by atoms with Gasteiger partial charge in [-0.1, -0.05) is 52.0 Å². The Morgan fingerprint density at radius 3 is 2.63 bits per heavy atom. The molecule has 2 aliphatic heterocycles. The molecule has 0 radical (unpaired) electrons. The van der Waals surface area contributed by atoms with Crippen LogP contribution in [0.15, 0.2) is 36.0 Å². The van der Waals surface area contributed by atoms with Crippen LogP contribution < -0.4 is 0 Å². The first kappa shape index (κ1) is 32.2. The van der Waals surface area contributed by atoms with Gasteiger partial charge >= 0.3 is 5.97 Å². The molecule has 38 heavy (non-hydrogen) atoms. The smallest absolute Gasteiger partial charge is 0.303 e. The Morgan fingerprint density at radius 2 is 2.00 bits per heavy atom. The fourth-order valence-corrected chi connectivity index (χ4v) is 5.00. The minimum atomic E-state index is -1.36. The van der Waals surface area contributed by atoms with Crippen molar-refractivity contribution in [1.82, 2.24) is 0 Å². The van der Waals surface area contributed by atoms with Gasteiger partial charge in [-0.15, -0.1) is 0 Å². The number of carbonyl (C=O) groups is 1. The lowest BCUT2D eigenvalue weighted by Crippen LogP contribution is -2.42. The zero-order valence-electron chi connectivity index (χ0n) is 24.1. The number of aliphatic hydroxyl groups is 3. The zero-order chi connectivity index (χ0) is 28.6. The summed E-state index contributed by atoms with van der Waals surface area (Å²) in [4.78, 5) is 11.7. The van der Waals surface area contributed by atoms with E-state index in [9.17, 15) is 20.1 Å². The van der Waals surface area contributed by atoms with Crippen molar-refractivity contribution in [1.29, 1.82) is 5.41 Å². The summed E-state index contributed by atoms with van der Waals surface area (Å²) in [6.07, 6.45) is 9.44. The summed E-state index contributed by atoms with van der Waals surface area (Å²) in [6, 6.07) is 0. The third-order valence-electron chi connectivity index (χ3n) is 7.66. The number of nitrogens with one attached hydrogen (secondary N) is 1. The summed E-state index contributed by atoms with van der Waals surface area (Å²) in [5, 5.41) is 39.8. The lowest BCUT2D eigenvalue weighted by molar-refractivity contribution is -0.156. The van der Waals surface area contributed by atoms with Crippen LogP contribution in [-0.2, 0) is 19.0 Å². The molecule has 2 heterocycles. The molecule has 216 valence electrons. The number of esters is 1. The van der Waals surface area contributed by atoms with Crippen LogP contribution in [0.1, 0.15) is 80.6 Å². The molecule has 10 atom stereocenters. The second-order valence-electron chi connectivity index (χ2n) is 11.5. The van der Waals surface area contributed by atoms with E-state index in [1.54, 1.807) is 13.0 Å². The lowest BCUT2D eigenvalue weighted by Gasteiger charge is -2.32. The van der Waals surface area contributed by atoms with Gasteiger partial charge in [0.15, 0.2) is 5.90 Å². The maximum atomic E-state index is 11.7. The number of allylic oxidation sites excluding steroid dienone is 3. The monoisotopic (exact) mass is 535 g/mol. The molecule has 1 saturated heterocycles. The molecule has 0 aliphatic carbocycles. The van der Waals surface area contributed by atoms with E-state index in [1.807, 2.05) is 45.9 Å². The maximum Gasteiger partial charge on any atom is 0.303 e. The van der Waals surface area contributed by atoms with E-state index in [2.05, 4.69) is 13.0 Å². The lowest BCUT2D eigenvalue weighted by atomic mass is 9.88. The molecule has 0 aromatic carbocycles. The molecule has 4 N–H and O–H groups in total. The number of ether oxygens (including phenoxy) is 3. The minimum absolute atomic E-state index is 0.00934. The van der Waals surface area contributed by atoms with E-state index in [0.29, 0.717) is 0 Å². The Morgan fingerprint density at radius 1 is 1.32 bits per heavy atom. The average molecular weight is 536 g/mol. The Balaban J connectivity index is 2.12. The van der Waals surface area contributed by atoms with Gasteiger partial charge in [-0.05, 0) is 57.1 Å². The molecule has 2 aliphatic rings. The molecule has 0 saturated carbocycles. The molecular weight excluding hydrogens is 486 g/mol. The molecule has 0 aromatic rings. The SMILES string of the molecule is CCC(O)C(C)C1OC1CC(C)/C=C/C=C(\C)C1OC(=N)CC(O)CCC(C)(O)C(OC(C)=O)/C=C/C1C. The predicted molar refractivity (Wildman–Crippen MR) is 148 cm³/mol. The van der Waals surface area contributed by atoms with E-state index in [-0.39, 0.29) is 61.2 Å². The molecule has 8 nitrogen and oxygen atoms in total. The third-order valence-corrected chi connectivity index (χ3v) is 7.66. The van der Waals surface area contributed by atoms with Crippen molar-refractivity contribution in [2.75, 3.05) is 0 Å². The number of rotatable bonds is 9. The van der Waals surface area contributed by atoms with Crippen LogP contribution in [0.3, 0.4) is 0 Å². The second-order valence-corrected chi connectivity index (χ2v) is 11.5. The number of aliphatic hydroxyl groups excluding tert-OH is 2. The highest BCUT2D eigenvalue weighted by molar-refractivity contribution is 5.73. The highest BCUT2D eigenvalue weighted by Crippen LogP contribution is 2.36. The maximum absolute atomic E-state index is 11.7. The number of carbonyl (C=O) groups excluding carboxylic acids is 1. The summed E-state index contributed by atoms with van der Waals surface area (Å²) in [7, 11) is 0. The second kappa shape index (κ2) is 14.4. The van der Waals surface area contributed by atoms with Crippen LogP contribution in [0.5, 0.6) is 0 Å². The largest absolute Gasteiger partial charge is 0.473 e. The van der Waals surface area contributed by atoms with E-state index >= 15 is 0 Å². The first-order chi connectivity index (χ1) is 17.7. The van der Waals surface area contributed by atoms with Crippen LogP contribution in [0.4, 0.5) is 0 Å². The summed E-state index contributed by atoms with van der Waals surface area (Å²) in [6.45, 7) is 12.9. The number of epoxide rings is 1. The van der Waals surface area contributed by atoms with E-state index in [4.69, 9.17) is 19.6 Å². The van der Waals surface area contributed by atoms with Gasteiger partial charge in [0.25, 0.3) is 0 Å². The molecule has 0 amide bonds. The van der Waals surface area contributed by atoms with E-state index < -0.39 is 29.9 Å². The Bertz CT molecular complexity index is 880. The summed E-state index contributed by atoms with van der Waals surface area (Å²) >= 11 is 0. The molecule has 0 aromatic heterocycles. The average Bonchev–Trinajstić information content (AvgIpc) is 3.60. The van der Waals surface area contributed by atoms with Crippen LogP contribution in [0.2, 0.25) is 0 Å².